The lowest BCUT2D eigenvalue weighted by Crippen LogP contribution is -2.19. The summed E-state index contributed by atoms with van der Waals surface area (Å²) in [6, 6.07) is 15.5. The summed E-state index contributed by atoms with van der Waals surface area (Å²) in [5.41, 5.74) is 3.00. The maximum Gasteiger partial charge on any atom is 0.275 e. The number of carbonyl (C=O) groups excluding carboxylic acids is 1. The molecule has 3 rings (SSSR count). The highest BCUT2D eigenvalue weighted by atomic mass is 35.5. The molecule has 1 heterocycles. The Hall–Kier alpha value is -2.92. The number of aromatic nitrogens is 2. The van der Waals surface area contributed by atoms with E-state index in [-0.39, 0.29) is 11.6 Å². The van der Waals surface area contributed by atoms with E-state index in [2.05, 4.69) is 27.4 Å². The number of amides is 1. The first-order valence-corrected chi connectivity index (χ1v) is 8.55. The van der Waals surface area contributed by atoms with E-state index >= 15 is 0 Å². The summed E-state index contributed by atoms with van der Waals surface area (Å²) in [5, 5.41) is 3.38. The van der Waals surface area contributed by atoms with E-state index in [1.54, 1.807) is 18.3 Å². The van der Waals surface area contributed by atoms with Gasteiger partial charge in [-0.05, 0) is 30.2 Å². The first-order chi connectivity index (χ1) is 12.5. The molecular formula is C20H19ClN4O. The van der Waals surface area contributed by atoms with Gasteiger partial charge in [0.15, 0.2) is 0 Å². The van der Waals surface area contributed by atoms with Gasteiger partial charge >= 0.3 is 0 Å². The van der Waals surface area contributed by atoms with Crippen LogP contribution >= 0.6 is 11.6 Å². The van der Waals surface area contributed by atoms with Gasteiger partial charge in [-0.15, -0.1) is 0 Å². The number of benzene rings is 2. The van der Waals surface area contributed by atoms with Crippen LogP contribution in [0.5, 0.6) is 0 Å². The monoisotopic (exact) mass is 366 g/mol. The third-order valence-electron chi connectivity index (χ3n) is 3.95. The second-order valence-corrected chi connectivity index (χ2v) is 6.43. The van der Waals surface area contributed by atoms with Gasteiger partial charge in [0.25, 0.3) is 5.91 Å². The lowest BCUT2D eigenvalue weighted by molar-refractivity contribution is 0.102. The van der Waals surface area contributed by atoms with Crippen molar-refractivity contribution in [2.75, 3.05) is 17.3 Å². The Kier molecular flexibility index (Phi) is 5.49. The minimum Gasteiger partial charge on any atom is -0.354 e. The maximum absolute atomic E-state index is 12.3. The molecule has 3 aromatic rings. The van der Waals surface area contributed by atoms with Crippen LogP contribution < -0.4 is 10.2 Å². The molecule has 1 aromatic heterocycles. The molecule has 0 saturated carbocycles. The van der Waals surface area contributed by atoms with Gasteiger partial charge in [-0.1, -0.05) is 48.0 Å². The zero-order valence-electron chi connectivity index (χ0n) is 14.6. The van der Waals surface area contributed by atoms with Crippen molar-refractivity contribution in [3.8, 4) is 0 Å². The van der Waals surface area contributed by atoms with Gasteiger partial charge in [0.1, 0.15) is 11.5 Å². The largest absolute Gasteiger partial charge is 0.354 e. The molecule has 2 aromatic carbocycles. The minimum atomic E-state index is -0.324. The minimum absolute atomic E-state index is 0.249. The molecule has 0 aliphatic heterocycles. The van der Waals surface area contributed by atoms with Gasteiger partial charge in [-0.2, -0.15) is 0 Å². The predicted molar refractivity (Wildman–Crippen MR) is 105 cm³/mol. The van der Waals surface area contributed by atoms with Gasteiger partial charge < -0.3 is 10.2 Å². The fourth-order valence-electron chi connectivity index (χ4n) is 2.44. The molecule has 0 saturated heterocycles. The van der Waals surface area contributed by atoms with E-state index in [4.69, 9.17) is 11.6 Å². The summed E-state index contributed by atoms with van der Waals surface area (Å²) in [6.07, 6.45) is 3.07. The van der Waals surface area contributed by atoms with Crippen LogP contribution in [-0.4, -0.2) is 22.9 Å². The zero-order chi connectivity index (χ0) is 18.5. The molecule has 1 amide bonds. The number of hydrogen-bond donors (Lipinski definition) is 1. The van der Waals surface area contributed by atoms with Crippen molar-refractivity contribution in [2.24, 2.45) is 0 Å². The lowest BCUT2D eigenvalue weighted by atomic mass is 10.2. The number of carbonyl (C=O) groups is 1. The molecule has 0 aliphatic rings. The Morgan fingerprint density at radius 2 is 1.88 bits per heavy atom. The van der Waals surface area contributed by atoms with Gasteiger partial charge in [0.05, 0.1) is 12.4 Å². The van der Waals surface area contributed by atoms with Crippen LogP contribution in [0.3, 0.4) is 0 Å². The molecule has 6 heteroatoms. The van der Waals surface area contributed by atoms with Gasteiger partial charge in [0, 0.05) is 24.3 Å². The van der Waals surface area contributed by atoms with Crippen molar-refractivity contribution in [3.05, 3.63) is 82.8 Å². The number of halogens is 1. The van der Waals surface area contributed by atoms with E-state index in [1.807, 2.05) is 43.1 Å². The second-order valence-electron chi connectivity index (χ2n) is 6.02. The fourth-order valence-corrected chi connectivity index (χ4v) is 2.62. The van der Waals surface area contributed by atoms with Crippen molar-refractivity contribution >= 4 is 29.0 Å². The molecule has 132 valence electrons. The number of rotatable bonds is 5. The van der Waals surface area contributed by atoms with Crippen LogP contribution in [0.25, 0.3) is 0 Å². The van der Waals surface area contributed by atoms with Crippen LogP contribution in [0.1, 0.15) is 21.6 Å². The van der Waals surface area contributed by atoms with Crippen LogP contribution in [0, 0.1) is 6.92 Å². The average molecular weight is 367 g/mol. The molecule has 0 aliphatic carbocycles. The fraction of sp³-hybridized carbons (Fsp3) is 0.150. The van der Waals surface area contributed by atoms with Gasteiger partial charge in [-0.3, -0.25) is 4.79 Å². The van der Waals surface area contributed by atoms with Crippen molar-refractivity contribution in [3.63, 3.8) is 0 Å². The standard InChI is InChI=1S/C20H19ClN4O/c1-14-8-9-16(10-17(14)21)24-20(26)18-11-23-19(12-22-18)25(2)13-15-6-4-3-5-7-15/h3-12H,13H2,1-2H3,(H,24,26). The van der Waals surface area contributed by atoms with Gasteiger partial charge in [0.2, 0.25) is 0 Å². The van der Waals surface area contributed by atoms with E-state index < -0.39 is 0 Å². The summed E-state index contributed by atoms with van der Waals surface area (Å²) in [5.74, 6) is 0.374. The summed E-state index contributed by atoms with van der Waals surface area (Å²) >= 11 is 6.08. The first kappa shape index (κ1) is 17.9. The molecule has 5 nitrogen and oxygen atoms in total. The van der Waals surface area contributed by atoms with E-state index in [0.29, 0.717) is 23.1 Å². The Morgan fingerprint density at radius 1 is 1.12 bits per heavy atom. The molecule has 1 N–H and O–H groups in total. The van der Waals surface area contributed by atoms with Crippen molar-refractivity contribution < 1.29 is 4.79 Å². The SMILES string of the molecule is Cc1ccc(NC(=O)c2cnc(N(C)Cc3ccccc3)cn2)cc1Cl. The molecular weight excluding hydrogens is 348 g/mol. The molecule has 0 radical (unpaired) electrons. The van der Waals surface area contributed by atoms with E-state index in [1.165, 1.54) is 11.8 Å². The quantitative estimate of drug-likeness (QED) is 0.730. The zero-order valence-corrected chi connectivity index (χ0v) is 15.4. The molecule has 0 bridgehead atoms. The summed E-state index contributed by atoms with van der Waals surface area (Å²) in [7, 11) is 1.94. The van der Waals surface area contributed by atoms with Crippen LogP contribution in [0.4, 0.5) is 11.5 Å². The maximum atomic E-state index is 12.3. The number of anilines is 2. The normalized spacial score (nSPS) is 10.4. The van der Waals surface area contributed by atoms with Gasteiger partial charge in [-0.25, -0.2) is 9.97 Å². The van der Waals surface area contributed by atoms with Crippen molar-refractivity contribution in [1.82, 2.24) is 9.97 Å². The Labute approximate surface area is 157 Å². The van der Waals surface area contributed by atoms with Crippen molar-refractivity contribution in [2.45, 2.75) is 13.5 Å². The molecule has 26 heavy (non-hydrogen) atoms. The third-order valence-corrected chi connectivity index (χ3v) is 4.36. The Balaban J connectivity index is 1.66. The number of nitrogens with zero attached hydrogens (tertiary/aromatic N) is 3. The van der Waals surface area contributed by atoms with Crippen LogP contribution in [-0.2, 0) is 6.54 Å². The highest BCUT2D eigenvalue weighted by Crippen LogP contribution is 2.20. The number of hydrogen-bond acceptors (Lipinski definition) is 4. The molecule has 0 fully saturated rings. The highest BCUT2D eigenvalue weighted by molar-refractivity contribution is 6.31. The Morgan fingerprint density at radius 3 is 2.54 bits per heavy atom. The number of nitrogens with one attached hydrogen (secondary N) is 1. The first-order valence-electron chi connectivity index (χ1n) is 8.17. The van der Waals surface area contributed by atoms with E-state index in [0.717, 1.165) is 5.56 Å². The number of aryl methyl sites for hydroxylation is 1. The average Bonchev–Trinajstić information content (AvgIpc) is 2.65. The lowest BCUT2D eigenvalue weighted by Gasteiger charge is -2.17. The predicted octanol–water partition coefficient (Wildman–Crippen LogP) is 4.33. The third kappa shape index (κ3) is 4.37. The summed E-state index contributed by atoms with van der Waals surface area (Å²) < 4.78 is 0. The topological polar surface area (TPSA) is 58.1 Å². The molecule has 0 atom stereocenters. The van der Waals surface area contributed by atoms with Crippen LogP contribution in [0.2, 0.25) is 5.02 Å². The molecule has 0 spiro atoms. The smallest absolute Gasteiger partial charge is 0.275 e. The van der Waals surface area contributed by atoms with Crippen LogP contribution in [0.15, 0.2) is 60.9 Å². The van der Waals surface area contributed by atoms with Crippen molar-refractivity contribution in [1.29, 1.82) is 0 Å². The summed E-state index contributed by atoms with van der Waals surface area (Å²) in [4.78, 5) is 22.9. The molecule has 0 unspecified atom stereocenters. The summed E-state index contributed by atoms with van der Waals surface area (Å²) in [6.45, 7) is 2.62. The Bertz CT molecular complexity index is 897. The second kappa shape index (κ2) is 7.97. The van der Waals surface area contributed by atoms with E-state index in [9.17, 15) is 4.79 Å². The highest BCUT2D eigenvalue weighted by Gasteiger charge is 2.11.